The quantitative estimate of drug-likeness (QED) is 0.869. The average Bonchev–Trinajstić information content (AvgIpc) is 2.77. The fraction of sp³-hybridized carbons (Fsp3) is 0.800. The molecule has 0 aromatic carbocycles. The highest BCUT2D eigenvalue weighted by molar-refractivity contribution is 5.10. The van der Waals surface area contributed by atoms with Gasteiger partial charge in [-0.25, -0.2) is 0 Å². The SMILES string of the molecule is CCc1cc(CNC2CCCC(CC)C2)n(C)n1. The second-order valence-electron chi connectivity index (χ2n) is 5.62. The predicted molar refractivity (Wildman–Crippen MR) is 75.5 cm³/mol. The smallest absolute Gasteiger partial charge is 0.0625 e. The van der Waals surface area contributed by atoms with Crippen molar-refractivity contribution in [3.05, 3.63) is 17.5 Å². The van der Waals surface area contributed by atoms with Gasteiger partial charge < -0.3 is 5.32 Å². The molecule has 1 heterocycles. The van der Waals surface area contributed by atoms with Crippen LogP contribution in [0.15, 0.2) is 6.07 Å². The van der Waals surface area contributed by atoms with Crippen molar-refractivity contribution in [1.29, 1.82) is 0 Å². The van der Waals surface area contributed by atoms with Crippen molar-refractivity contribution in [1.82, 2.24) is 15.1 Å². The van der Waals surface area contributed by atoms with Gasteiger partial charge in [0.1, 0.15) is 0 Å². The van der Waals surface area contributed by atoms with Crippen molar-refractivity contribution in [2.24, 2.45) is 13.0 Å². The topological polar surface area (TPSA) is 29.9 Å². The van der Waals surface area contributed by atoms with Gasteiger partial charge in [-0.2, -0.15) is 5.10 Å². The summed E-state index contributed by atoms with van der Waals surface area (Å²) < 4.78 is 2.02. The van der Waals surface area contributed by atoms with Gasteiger partial charge in [-0.05, 0) is 31.2 Å². The molecule has 0 amide bonds. The molecular formula is C15H27N3. The third kappa shape index (κ3) is 3.35. The van der Waals surface area contributed by atoms with Crippen LogP contribution in [0.25, 0.3) is 0 Å². The highest BCUT2D eigenvalue weighted by atomic mass is 15.3. The summed E-state index contributed by atoms with van der Waals surface area (Å²) in [6.45, 7) is 5.44. The summed E-state index contributed by atoms with van der Waals surface area (Å²) in [7, 11) is 2.05. The summed E-state index contributed by atoms with van der Waals surface area (Å²) in [5, 5.41) is 8.22. The fourth-order valence-corrected chi connectivity index (χ4v) is 3.01. The normalized spacial score (nSPS) is 24.4. The lowest BCUT2D eigenvalue weighted by molar-refractivity contribution is 0.277. The molecule has 0 spiro atoms. The molecule has 102 valence electrons. The maximum atomic E-state index is 4.50. The van der Waals surface area contributed by atoms with E-state index in [4.69, 9.17) is 0 Å². The molecule has 1 N–H and O–H groups in total. The van der Waals surface area contributed by atoms with Crippen LogP contribution in [0.3, 0.4) is 0 Å². The standard InChI is InChI=1S/C15H27N3/c1-4-12-7-6-8-14(9-12)16-11-15-10-13(5-2)17-18(15)3/h10,12,14,16H,4-9,11H2,1-3H3. The molecule has 1 saturated carbocycles. The zero-order valence-corrected chi connectivity index (χ0v) is 12.1. The van der Waals surface area contributed by atoms with Crippen LogP contribution in [0.5, 0.6) is 0 Å². The number of nitrogens with zero attached hydrogens (tertiary/aromatic N) is 2. The number of aryl methyl sites for hydroxylation is 2. The van der Waals surface area contributed by atoms with Crippen LogP contribution >= 0.6 is 0 Å². The molecule has 1 fully saturated rings. The number of nitrogens with one attached hydrogen (secondary N) is 1. The summed E-state index contributed by atoms with van der Waals surface area (Å²) >= 11 is 0. The molecule has 1 aliphatic carbocycles. The van der Waals surface area contributed by atoms with E-state index in [0.29, 0.717) is 6.04 Å². The number of rotatable bonds is 5. The maximum Gasteiger partial charge on any atom is 0.0625 e. The first kappa shape index (κ1) is 13.6. The van der Waals surface area contributed by atoms with Gasteiger partial charge in [-0.1, -0.05) is 33.1 Å². The van der Waals surface area contributed by atoms with E-state index in [1.54, 1.807) is 0 Å². The molecule has 0 bridgehead atoms. The van der Waals surface area contributed by atoms with Gasteiger partial charge in [0.25, 0.3) is 0 Å². The Kier molecular flexibility index (Phi) is 4.81. The van der Waals surface area contributed by atoms with E-state index >= 15 is 0 Å². The van der Waals surface area contributed by atoms with E-state index in [1.165, 1.54) is 43.5 Å². The highest BCUT2D eigenvalue weighted by Gasteiger charge is 2.20. The summed E-state index contributed by atoms with van der Waals surface area (Å²) in [5.41, 5.74) is 2.51. The Labute approximate surface area is 111 Å². The lowest BCUT2D eigenvalue weighted by Gasteiger charge is -2.29. The van der Waals surface area contributed by atoms with Crippen LogP contribution in [0.1, 0.15) is 57.3 Å². The molecule has 2 unspecified atom stereocenters. The van der Waals surface area contributed by atoms with E-state index in [9.17, 15) is 0 Å². The molecule has 1 aromatic rings. The van der Waals surface area contributed by atoms with Crippen molar-refractivity contribution in [3.8, 4) is 0 Å². The molecule has 18 heavy (non-hydrogen) atoms. The van der Waals surface area contributed by atoms with Crippen LogP contribution in [-0.2, 0) is 20.0 Å². The van der Waals surface area contributed by atoms with Crippen LogP contribution < -0.4 is 5.32 Å². The van der Waals surface area contributed by atoms with Gasteiger partial charge in [0.15, 0.2) is 0 Å². The molecule has 0 radical (unpaired) electrons. The summed E-state index contributed by atoms with van der Waals surface area (Å²) in [4.78, 5) is 0. The molecule has 3 heteroatoms. The molecule has 0 aliphatic heterocycles. The molecule has 2 rings (SSSR count). The first-order valence-corrected chi connectivity index (χ1v) is 7.48. The van der Waals surface area contributed by atoms with E-state index in [1.807, 2.05) is 11.7 Å². The van der Waals surface area contributed by atoms with Crippen molar-refractivity contribution in [2.45, 2.75) is 65.0 Å². The van der Waals surface area contributed by atoms with Crippen molar-refractivity contribution < 1.29 is 0 Å². The molecular weight excluding hydrogens is 222 g/mol. The Morgan fingerprint density at radius 2 is 2.22 bits per heavy atom. The number of aromatic nitrogens is 2. The number of hydrogen-bond donors (Lipinski definition) is 1. The third-order valence-corrected chi connectivity index (χ3v) is 4.32. The van der Waals surface area contributed by atoms with Gasteiger partial charge in [-0.3, -0.25) is 4.68 Å². The van der Waals surface area contributed by atoms with Gasteiger partial charge in [0.2, 0.25) is 0 Å². The van der Waals surface area contributed by atoms with E-state index in [2.05, 4.69) is 30.3 Å². The minimum absolute atomic E-state index is 0.712. The van der Waals surface area contributed by atoms with Gasteiger partial charge in [0.05, 0.1) is 11.4 Å². The maximum absolute atomic E-state index is 4.50. The summed E-state index contributed by atoms with van der Waals surface area (Å²) in [6.07, 6.45) is 7.88. The van der Waals surface area contributed by atoms with Gasteiger partial charge in [-0.15, -0.1) is 0 Å². The largest absolute Gasteiger partial charge is 0.308 e. The Morgan fingerprint density at radius 3 is 2.89 bits per heavy atom. The first-order valence-electron chi connectivity index (χ1n) is 7.48. The monoisotopic (exact) mass is 249 g/mol. The summed E-state index contributed by atoms with van der Waals surface area (Å²) in [5.74, 6) is 0.939. The van der Waals surface area contributed by atoms with Crippen LogP contribution in [0.2, 0.25) is 0 Å². The Bertz CT molecular complexity index is 370. The first-order chi connectivity index (χ1) is 8.72. The van der Waals surface area contributed by atoms with Gasteiger partial charge >= 0.3 is 0 Å². The zero-order chi connectivity index (χ0) is 13.0. The van der Waals surface area contributed by atoms with Crippen molar-refractivity contribution >= 4 is 0 Å². The minimum atomic E-state index is 0.712. The van der Waals surface area contributed by atoms with E-state index in [-0.39, 0.29) is 0 Å². The Hall–Kier alpha value is -0.830. The van der Waals surface area contributed by atoms with E-state index in [0.717, 1.165) is 18.9 Å². The van der Waals surface area contributed by atoms with Crippen molar-refractivity contribution in [2.75, 3.05) is 0 Å². The lowest BCUT2D eigenvalue weighted by atomic mass is 9.84. The fourth-order valence-electron chi connectivity index (χ4n) is 3.01. The molecule has 3 nitrogen and oxygen atoms in total. The molecule has 1 aliphatic rings. The third-order valence-electron chi connectivity index (χ3n) is 4.32. The molecule has 0 saturated heterocycles. The Balaban J connectivity index is 1.85. The van der Waals surface area contributed by atoms with E-state index < -0.39 is 0 Å². The number of hydrogen-bond acceptors (Lipinski definition) is 2. The second-order valence-corrected chi connectivity index (χ2v) is 5.62. The zero-order valence-electron chi connectivity index (χ0n) is 12.1. The van der Waals surface area contributed by atoms with Crippen molar-refractivity contribution in [3.63, 3.8) is 0 Å². The van der Waals surface area contributed by atoms with Gasteiger partial charge in [0, 0.05) is 19.6 Å². The van der Waals surface area contributed by atoms with Crippen LogP contribution in [0, 0.1) is 5.92 Å². The predicted octanol–water partition coefficient (Wildman–Crippen LogP) is 3.04. The van der Waals surface area contributed by atoms with Crippen LogP contribution in [0.4, 0.5) is 0 Å². The Morgan fingerprint density at radius 1 is 1.39 bits per heavy atom. The summed E-state index contributed by atoms with van der Waals surface area (Å²) in [6, 6.07) is 2.94. The van der Waals surface area contributed by atoms with Crippen LogP contribution in [-0.4, -0.2) is 15.8 Å². The minimum Gasteiger partial charge on any atom is -0.308 e. The average molecular weight is 249 g/mol. The lowest BCUT2D eigenvalue weighted by Crippen LogP contribution is -2.34. The molecule has 2 atom stereocenters. The second kappa shape index (κ2) is 6.37. The highest BCUT2D eigenvalue weighted by Crippen LogP contribution is 2.26. The molecule has 1 aromatic heterocycles.